The Morgan fingerprint density at radius 2 is 1.50 bits per heavy atom. The van der Waals surface area contributed by atoms with Gasteiger partial charge in [-0.05, 0) is 65.2 Å². The van der Waals surface area contributed by atoms with Crippen LogP contribution < -0.4 is 38.5 Å². The Labute approximate surface area is 299 Å². The molecule has 2 heterocycles. The second-order valence-electron chi connectivity index (χ2n) is 12.4. The van der Waals surface area contributed by atoms with E-state index in [0.717, 1.165) is 11.1 Å². The number of fused-ring (bicyclic) bond motifs is 3. The van der Waals surface area contributed by atoms with Crippen molar-refractivity contribution in [2.45, 2.75) is 18.4 Å². The van der Waals surface area contributed by atoms with Crippen LogP contribution in [0.1, 0.15) is 34.3 Å². The minimum Gasteiger partial charge on any atom is -0.497 e. The van der Waals surface area contributed by atoms with Gasteiger partial charge in [-0.15, -0.1) is 0 Å². The third-order valence-corrected chi connectivity index (χ3v) is 9.39. The molecule has 13 heteroatoms. The van der Waals surface area contributed by atoms with E-state index in [0.29, 0.717) is 57.1 Å². The number of rotatable bonds is 12. The van der Waals surface area contributed by atoms with Gasteiger partial charge in [0.15, 0.2) is 29.6 Å². The summed E-state index contributed by atoms with van der Waals surface area (Å²) in [6.45, 7) is -0.137. The van der Waals surface area contributed by atoms with E-state index in [1.54, 1.807) is 55.6 Å². The van der Waals surface area contributed by atoms with Crippen LogP contribution in [-0.4, -0.2) is 66.3 Å². The van der Waals surface area contributed by atoms with Gasteiger partial charge in [0.1, 0.15) is 17.6 Å². The molecule has 0 radical (unpaired) electrons. The second-order valence-corrected chi connectivity index (χ2v) is 12.4. The molecule has 0 unspecified atom stereocenters. The summed E-state index contributed by atoms with van der Waals surface area (Å²) in [5, 5.41) is 2.80. The smallest absolute Gasteiger partial charge is 0.310 e. The van der Waals surface area contributed by atoms with Crippen LogP contribution in [0.4, 0.5) is 5.69 Å². The van der Waals surface area contributed by atoms with Crippen molar-refractivity contribution >= 4 is 23.5 Å². The Morgan fingerprint density at radius 3 is 2.21 bits per heavy atom. The van der Waals surface area contributed by atoms with Gasteiger partial charge in [-0.1, -0.05) is 18.2 Å². The van der Waals surface area contributed by atoms with E-state index in [1.165, 1.54) is 21.3 Å². The molecular formula is C39H37NO12. The molecule has 0 bridgehead atoms. The molecule has 1 amide bonds. The molecule has 1 fully saturated rings. The molecule has 3 aliphatic rings. The van der Waals surface area contributed by atoms with Gasteiger partial charge in [-0.3, -0.25) is 14.4 Å². The summed E-state index contributed by atoms with van der Waals surface area (Å²) in [6, 6.07) is 21.1. The predicted molar refractivity (Wildman–Crippen MR) is 185 cm³/mol. The van der Waals surface area contributed by atoms with Crippen LogP contribution in [0, 0.1) is 11.8 Å². The van der Waals surface area contributed by atoms with Gasteiger partial charge in [0.25, 0.3) is 5.91 Å². The summed E-state index contributed by atoms with van der Waals surface area (Å²) in [7, 11) is 6.12. The molecule has 4 atom stereocenters. The highest BCUT2D eigenvalue weighted by atomic mass is 16.7. The van der Waals surface area contributed by atoms with E-state index in [-0.39, 0.29) is 32.3 Å². The summed E-state index contributed by atoms with van der Waals surface area (Å²) < 4.78 is 50.9. The average Bonchev–Trinajstić information content (AvgIpc) is 3.78. The Balaban J connectivity index is 1.13. The molecule has 7 rings (SSSR count). The first-order valence-corrected chi connectivity index (χ1v) is 16.5. The number of hydrogen-bond donors (Lipinski definition) is 1. The SMILES string of the molecule is COc1cccc(OCC(=O)Nc2cccc(CC(=O)O[C@H]3c4cc5c(cc4[C@@H](c4cc(OC)c(OC)c(OC)c4)[C@H]4C(=O)OC[C@@H]43)OCO5)c2)c1. The van der Waals surface area contributed by atoms with Gasteiger partial charge in [-0.25, -0.2) is 0 Å². The lowest BCUT2D eigenvalue weighted by Gasteiger charge is -2.38. The first-order chi connectivity index (χ1) is 25.3. The molecule has 13 nitrogen and oxygen atoms in total. The maximum Gasteiger partial charge on any atom is 0.310 e. The number of nitrogens with one attached hydrogen (secondary N) is 1. The predicted octanol–water partition coefficient (Wildman–Crippen LogP) is 5.23. The molecule has 0 aromatic heterocycles. The van der Waals surface area contributed by atoms with Crippen molar-refractivity contribution < 1.29 is 57.0 Å². The van der Waals surface area contributed by atoms with Gasteiger partial charge >= 0.3 is 11.9 Å². The molecule has 4 aromatic rings. The minimum absolute atomic E-state index is 0.0342. The summed E-state index contributed by atoms with van der Waals surface area (Å²) in [4.78, 5) is 39.8. The van der Waals surface area contributed by atoms with Crippen LogP contribution in [0.3, 0.4) is 0 Å². The Kier molecular flexibility index (Phi) is 9.66. The zero-order valence-electron chi connectivity index (χ0n) is 29.0. The lowest BCUT2D eigenvalue weighted by molar-refractivity contribution is -0.153. The van der Waals surface area contributed by atoms with E-state index < -0.39 is 35.8 Å². The number of esters is 2. The first kappa shape index (κ1) is 34.3. The first-order valence-electron chi connectivity index (χ1n) is 16.5. The van der Waals surface area contributed by atoms with Crippen LogP contribution in [0.25, 0.3) is 0 Å². The van der Waals surface area contributed by atoms with Crippen LogP contribution >= 0.6 is 0 Å². The standard InChI is InChI=1S/C39H37NO12/c1-44-24-9-6-10-25(15-24)48-19-33(41)40-23-8-5-7-21(11-23)12-34(42)52-37-27-17-30-29(50-20-51-30)16-26(27)35(36-28(37)18-49-39(36)43)22-13-31(45-2)38(47-4)32(14-22)46-3/h5-11,13-17,28,35-37H,12,18-20H2,1-4H3,(H,40,41)/t28-,35+,36-,37-/m0/s1. The lowest BCUT2D eigenvalue weighted by atomic mass is 9.66. The summed E-state index contributed by atoms with van der Waals surface area (Å²) in [5.41, 5.74) is 3.22. The molecule has 1 N–H and O–H groups in total. The zero-order chi connectivity index (χ0) is 36.4. The van der Waals surface area contributed by atoms with Gasteiger partial charge in [0.05, 0.1) is 47.4 Å². The average molecular weight is 712 g/mol. The van der Waals surface area contributed by atoms with E-state index in [1.807, 2.05) is 24.3 Å². The normalized spacial score (nSPS) is 19.4. The van der Waals surface area contributed by atoms with Crippen LogP contribution in [-0.2, 0) is 30.3 Å². The highest BCUT2D eigenvalue weighted by molar-refractivity contribution is 5.92. The van der Waals surface area contributed by atoms with Gasteiger partial charge in [0.2, 0.25) is 12.5 Å². The topological polar surface area (TPSA) is 146 Å². The van der Waals surface area contributed by atoms with Gasteiger partial charge < -0.3 is 47.9 Å². The number of methoxy groups -OCH3 is 4. The highest BCUT2D eigenvalue weighted by Crippen LogP contribution is 2.56. The molecule has 1 saturated heterocycles. The largest absolute Gasteiger partial charge is 0.497 e. The van der Waals surface area contributed by atoms with Crippen LogP contribution in [0.5, 0.6) is 40.2 Å². The molecule has 4 aromatic carbocycles. The fraction of sp³-hybridized carbons (Fsp3) is 0.308. The lowest BCUT2D eigenvalue weighted by Crippen LogP contribution is -2.36. The molecule has 270 valence electrons. The van der Waals surface area contributed by atoms with Crippen molar-refractivity contribution in [2.24, 2.45) is 11.8 Å². The molecule has 1 aliphatic carbocycles. The number of ether oxygens (including phenoxy) is 9. The maximum absolute atomic E-state index is 13.7. The molecule has 0 spiro atoms. The van der Waals surface area contributed by atoms with Crippen molar-refractivity contribution in [1.82, 2.24) is 0 Å². The zero-order valence-corrected chi connectivity index (χ0v) is 29.0. The van der Waals surface area contributed by atoms with Gasteiger partial charge in [0, 0.05) is 29.2 Å². The summed E-state index contributed by atoms with van der Waals surface area (Å²) in [5.74, 6) is 0.344. The number of benzene rings is 4. The number of carbonyl (C=O) groups is 3. The van der Waals surface area contributed by atoms with E-state index in [9.17, 15) is 14.4 Å². The Hall–Kier alpha value is -6.11. The van der Waals surface area contributed by atoms with Crippen LogP contribution in [0.2, 0.25) is 0 Å². The molecule has 52 heavy (non-hydrogen) atoms. The Morgan fingerprint density at radius 1 is 0.788 bits per heavy atom. The van der Waals surface area contributed by atoms with Crippen molar-refractivity contribution in [3.8, 4) is 40.2 Å². The second kappa shape index (κ2) is 14.6. The summed E-state index contributed by atoms with van der Waals surface area (Å²) in [6.07, 6.45) is -0.925. The monoisotopic (exact) mass is 711 g/mol. The summed E-state index contributed by atoms with van der Waals surface area (Å²) >= 11 is 0. The molecule has 0 saturated carbocycles. The minimum atomic E-state index is -0.830. The van der Waals surface area contributed by atoms with Crippen molar-refractivity contribution in [2.75, 3.05) is 53.8 Å². The fourth-order valence-corrected chi connectivity index (χ4v) is 7.09. The Bertz CT molecular complexity index is 1990. The number of carbonyl (C=O) groups excluding carboxylic acids is 3. The van der Waals surface area contributed by atoms with Crippen molar-refractivity contribution in [3.05, 3.63) is 95.1 Å². The number of cyclic esters (lactones) is 1. The highest BCUT2D eigenvalue weighted by Gasteiger charge is 2.54. The van der Waals surface area contributed by atoms with Crippen molar-refractivity contribution in [1.29, 1.82) is 0 Å². The number of anilines is 1. The third kappa shape index (κ3) is 6.69. The van der Waals surface area contributed by atoms with Gasteiger partial charge in [-0.2, -0.15) is 0 Å². The maximum atomic E-state index is 13.7. The molecule has 2 aliphatic heterocycles. The fourth-order valence-electron chi connectivity index (χ4n) is 7.09. The number of hydrogen-bond acceptors (Lipinski definition) is 12. The quantitative estimate of drug-likeness (QED) is 0.192. The van der Waals surface area contributed by atoms with Crippen molar-refractivity contribution in [3.63, 3.8) is 0 Å². The molecular weight excluding hydrogens is 674 g/mol. The van der Waals surface area contributed by atoms with E-state index >= 15 is 0 Å². The number of amides is 1. The van der Waals surface area contributed by atoms with E-state index in [4.69, 9.17) is 42.6 Å². The third-order valence-electron chi connectivity index (χ3n) is 9.39. The van der Waals surface area contributed by atoms with E-state index in [2.05, 4.69) is 5.32 Å². The van der Waals surface area contributed by atoms with Crippen LogP contribution in [0.15, 0.2) is 72.8 Å².